The Bertz CT molecular complexity index is 344. The van der Waals surface area contributed by atoms with Crippen LogP contribution in [0, 0.1) is 11.8 Å². The maximum atomic E-state index is 12.1. The van der Waals surface area contributed by atoms with Crippen molar-refractivity contribution < 1.29 is 4.79 Å². The van der Waals surface area contributed by atoms with Crippen LogP contribution in [0.5, 0.6) is 0 Å². The Morgan fingerprint density at radius 2 is 1.73 bits per heavy atom. The van der Waals surface area contributed by atoms with E-state index in [-0.39, 0.29) is 36.8 Å². The highest BCUT2D eigenvalue weighted by molar-refractivity contribution is 5.85. The van der Waals surface area contributed by atoms with Crippen molar-refractivity contribution in [1.82, 2.24) is 10.2 Å². The van der Waals surface area contributed by atoms with Gasteiger partial charge in [-0.25, -0.2) is 0 Å². The smallest absolute Gasteiger partial charge is 0.220 e. The average Bonchev–Trinajstić information content (AvgIpc) is 3.16. The predicted octanol–water partition coefficient (Wildman–Crippen LogP) is 2.34. The molecule has 3 aliphatic rings. The lowest BCUT2D eigenvalue weighted by molar-refractivity contribution is -0.123. The lowest BCUT2D eigenvalue weighted by atomic mass is 9.98. The first-order valence-electron chi connectivity index (χ1n) is 8.48. The third kappa shape index (κ3) is 5.88. The minimum atomic E-state index is 0. The largest absolute Gasteiger partial charge is 0.353 e. The second-order valence-corrected chi connectivity index (χ2v) is 7.14. The van der Waals surface area contributed by atoms with Crippen molar-refractivity contribution >= 4 is 30.7 Å². The molecule has 2 aliphatic carbocycles. The molecule has 3 fully saturated rings. The molecular formula is C16H31Cl2N3O. The van der Waals surface area contributed by atoms with Crippen LogP contribution in [0.4, 0.5) is 0 Å². The van der Waals surface area contributed by atoms with Crippen LogP contribution in [0.25, 0.3) is 0 Å². The van der Waals surface area contributed by atoms with Gasteiger partial charge in [-0.3, -0.25) is 4.79 Å². The quantitative estimate of drug-likeness (QED) is 0.799. The van der Waals surface area contributed by atoms with Gasteiger partial charge in [0.2, 0.25) is 5.91 Å². The van der Waals surface area contributed by atoms with E-state index in [1.54, 1.807) is 0 Å². The lowest BCUT2D eigenvalue weighted by Crippen LogP contribution is -2.45. The van der Waals surface area contributed by atoms with E-state index in [1.807, 2.05) is 0 Å². The molecule has 0 aromatic rings. The predicted molar refractivity (Wildman–Crippen MR) is 94.8 cm³/mol. The van der Waals surface area contributed by atoms with E-state index >= 15 is 0 Å². The summed E-state index contributed by atoms with van der Waals surface area (Å²) in [5.41, 5.74) is 6.04. The molecule has 6 heteroatoms. The summed E-state index contributed by atoms with van der Waals surface area (Å²) < 4.78 is 0. The number of rotatable bonds is 5. The van der Waals surface area contributed by atoms with Gasteiger partial charge in [-0.2, -0.15) is 0 Å². The zero-order valence-corrected chi connectivity index (χ0v) is 15.0. The summed E-state index contributed by atoms with van der Waals surface area (Å²) in [7, 11) is 0. The van der Waals surface area contributed by atoms with Gasteiger partial charge in [0.05, 0.1) is 0 Å². The van der Waals surface area contributed by atoms with Crippen molar-refractivity contribution in [3.05, 3.63) is 0 Å². The van der Waals surface area contributed by atoms with Crippen LogP contribution in [0.15, 0.2) is 0 Å². The molecule has 0 spiro atoms. The number of nitrogens with zero attached hydrogens (tertiary/aromatic N) is 1. The first-order valence-corrected chi connectivity index (χ1v) is 8.48. The lowest BCUT2D eigenvalue weighted by Gasteiger charge is -2.32. The van der Waals surface area contributed by atoms with Gasteiger partial charge < -0.3 is 16.0 Å². The molecule has 130 valence electrons. The number of likely N-dealkylation sites (tertiary alicyclic amines) is 1. The topological polar surface area (TPSA) is 58.4 Å². The van der Waals surface area contributed by atoms with Crippen LogP contribution in [-0.4, -0.2) is 42.5 Å². The molecule has 1 aliphatic heterocycles. The van der Waals surface area contributed by atoms with Gasteiger partial charge in [0, 0.05) is 38.1 Å². The van der Waals surface area contributed by atoms with Crippen molar-refractivity contribution in [1.29, 1.82) is 0 Å². The first-order chi connectivity index (χ1) is 9.70. The molecule has 22 heavy (non-hydrogen) atoms. The van der Waals surface area contributed by atoms with E-state index < -0.39 is 0 Å². The van der Waals surface area contributed by atoms with Gasteiger partial charge >= 0.3 is 0 Å². The number of nitrogens with one attached hydrogen (secondary N) is 1. The molecule has 1 amide bonds. The molecule has 0 unspecified atom stereocenters. The molecule has 3 rings (SSSR count). The Morgan fingerprint density at radius 3 is 2.27 bits per heavy atom. The molecule has 3 N–H and O–H groups in total. The number of nitrogens with two attached hydrogens (primary N) is 1. The van der Waals surface area contributed by atoms with Gasteiger partial charge in [-0.1, -0.05) is 6.42 Å². The third-order valence-corrected chi connectivity index (χ3v) is 5.33. The summed E-state index contributed by atoms with van der Waals surface area (Å²) in [6.07, 6.45) is 9.16. The highest BCUT2D eigenvalue weighted by Gasteiger charge is 2.29. The normalized spacial score (nSPS) is 29.5. The molecule has 4 nitrogen and oxygen atoms in total. The fraction of sp³-hybridized carbons (Fsp3) is 0.938. The number of hydrogen-bond donors (Lipinski definition) is 2. The second-order valence-electron chi connectivity index (χ2n) is 7.14. The van der Waals surface area contributed by atoms with Crippen LogP contribution < -0.4 is 11.1 Å². The number of carbonyl (C=O) groups is 1. The van der Waals surface area contributed by atoms with E-state index in [9.17, 15) is 4.79 Å². The standard InChI is InChI=1S/C16H29N3O.2ClH/c17-15-3-1-2-13(15)10-16(20)18-14-6-8-19(9-7-14)11-12-4-5-12;;/h12-15H,1-11,17H2,(H,18,20);2*1H/t13-,15+;;/m0../s1. The molecule has 1 saturated heterocycles. The summed E-state index contributed by atoms with van der Waals surface area (Å²) in [4.78, 5) is 14.7. The molecule has 2 saturated carbocycles. The summed E-state index contributed by atoms with van der Waals surface area (Å²) in [6.45, 7) is 3.60. The van der Waals surface area contributed by atoms with Gasteiger partial charge in [-0.05, 0) is 50.4 Å². The van der Waals surface area contributed by atoms with Gasteiger partial charge in [-0.15, -0.1) is 24.8 Å². The molecule has 2 atom stereocenters. The van der Waals surface area contributed by atoms with Crippen LogP contribution in [0.3, 0.4) is 0 Å². The summed E-state index contributed by atoms with van der Waals surface area (Å²) in [6, 6.07) is 0.650. The van der Waals surface area contributed by atoms with Crippen molar-refractivity contribution in [2.45, 2.75) is 63.5 Å². The molecule has 0 bridgehead atoms. The Labute approximate surface area is 146 Å². The van der Waals surface area contributed by atoms with Crippen LogP contribution in [-0.2, 0) is 4.79 Å². The van der Waals surface area contributed by atoms with Crippen LogP contribution >= 0.6 is 24.8 Å². The van der Waals surface area contributed by atoms with Crippen molar-refractivity contribution in [2.24, 2.45) is 17.6 Å². The van der Waals surface area contributed by atoms with E-state index in [1.165, 1.54) is 25.8 Å². The molecule has 0 aromatic heterocycles. The van der Waals surface area contributed by atoms with Crippen LogP contribution in [0.1, 0.15) is 51.4 Å². The van der Waals surface area contributed by atoms with E-state index in [2.05, 4.69) is 10.2 Å². The zero-order chi connectivity index (χ0) is 13.9. The molecular weight excluding hydrogens is 321 g/mol. The van der Waals surface area contributed by atoms with Crippen molar-refractivity contribution in [2.75, 3.05) is 19.6 Å². The van der Waals surface area contributed by atoms with E-state index in [0.29, 0.717) is 18.4 Å². The number of amides is 1. The summed E-state index contributed by atoms with van der Waals surface area (Å²) in [5.74, 6) is 1.63. The number of halogens is 2. The second kappa shape index (κ2) is 9.31. The van der Waals surface area contributed by atoms with Gasteiger partial charge in [0.15, 0.2) is 0 Å². The van der Waals surface area contributed by atoms with E-state index in [0.717, 1.165) is 44.7 Å². The fourth-order valence-electron chi connectivity index (χ4n) is 3.77. The Hall–Kier alpha value is -0.0300. The average molecular weight is 352 g/mol. The SMILES string of the molecule is Cl.Cl.N[C@@H]1CCC[C@H]1CC(=O)NC1CCN(CC2CC2)CC1. The minimum absolute atomic E-state index is 0. The summed E-state index contributed by atoms with van der Waals surface area (Å²) in [5, 5.41) is 3.23. The Morgan fingerprint density at radius 1 is 1.05 bits per heavy atom. The minimum Gasteiger partial charge on any atom is -0.353 e. The monoisotopic (exact) mass is 351 g/mol. The maximum absolute atomic E-state index is 12.1. The third-order valence-electron chi connectivity index (χ3n) is 5.33. The molecule has 0 radical (unpaired) electrons. The number of hydrogen-bond acceptors (Lipinski definition) is 3. The number of carbonyl (C=O) groups excluding carboxylic acids is 1. The Kier molecular flexibility index (Phi) is 8.47. The number of piperidine rings is 1. The van der Waals surface area contributed by atoms with Crippen molar-refractivity contribution in [3.8, 4) is 0 Å². The maximum Gasteiger partial charge on any atom is 0.220 e. The molecule has 1 heterocycles. The zero-order valence-electron chi connectivity index (χ0n) is 13.3. The van der Waals surface area contributed by atoms with E-state index in [4.69, 9.17) is 5.73 Å². The van der Waals surface area contributed by atoms with Gasteiger partial charge in [0.25, 0.3) is 0 Å². The Balaban J connectivity index is 0.00000121. The highest BCUT2D eigenvalue weighted by atomic mass is 35.5. The fourth-order valence-corrected chi connectivity index (χ4v) is 3.77. The first kappa shape index (κ1) is 20.0. The van der Waals surface area contributed by atoms with Gasteiger partial charge in [0.1, 0.15) is 0 Å². The van der Waals surface area contributed by atoms with Crippen molar-refractivity contribution in [3.63, 3.8) is 0 Å². The summed E-state index contributed by atoms with van der Waals surface area (Å²) >= 11 is 0. The molecule has 0 aromatic carbocycles. The van der Waals surface area contributed by atoms with Crippen LogP contribution in [0.2, 0.25) is 0 Å². The highest BCUT2D eigenvalue weighted by Crippen LogP contribution is 2.30.